The van der Waals surface area contributed by atoms with Crippen molar-refractivity contribution < 1.29 is 47.2 Å². The summed E-state index contributed by atoms with van der Waals surface area (Å²) in [5.41, 5.74) is 1.14. The average molecular weight is 1120 g/mol. The second kappa shape index (κ2) is 23.2. The number of aldehydes is 1. The third-order valence-electron chi connectivity index (χ3n) is 25.6. The standard InChI is InChI=1S/C68H110O10Si/c1-19-51-43(7)44(8)58(78-79(20-2,21-3)22-4)61(73-51)77-59-57(76-60-45(9)42(6)41(5)39-72-60)46(10)52(36-48-26-24-23-25-27-48)74-62(59)75-55-31-32-64(14)53(65(55,15)40-69)30-33-66(16)54(64)29-28-49-50-37-63(12,13)34-35-68(50,47(11)70)56(71-18)38-67(49,66)17/h23-28,40-46,50-62H,19-22,29-39H2,1-18H3/t41-,42-,43+,44-,45?,46-,50?,51?,52?,53+,54?,55-,56+,57-,58?,59?,60-,61-,62-,64?,65?,66?,67?,68+/m0/s1. The number of benzene rings is 1. The van der Waals surface area contributed by atoms with Crippen LogP contribution in [0.1, 0.15) is 187 Å². The second-order valence-electron chi connectivity index (χ2n) is 29.6. The molecule has 3 heterocycles. The molecular weight excluding hydrogens is 1000 g/mol. The molecule has 3 saturated heterocycles. The molecule has 9 rings (SSSR count). The molecule has 11 unspecified atom stereocenters. The summed E-state index contributed by atoms with van der Waals surface area (Å²) in [6.07, 6.45) is 9.23. The highest BCUT2D eigenvalue weighted by atomic mass is 28.4. The number of fused-ring (bicyclic) bond motifs is 7. The Labute approximate surface area is 480 Å². The molecule has 11 heteroatoms. The van der Waals surface area contributed by atoms with Gasteiger partial charge in [0.15, 0.2) is 27.2 Å². The molecule has 8 aliphatic rings. The fraction of sp³-hybridized carbons (Fsp3) is 0.853. The van der Waals surface area contributed by atoms with Crippen LogP contribution in [-0.2, 0) is 53.6 Å². The van der Waals surface area contributed by atoms with Gasteiger partial charge in [-0.15, -0.1) is 0 Å². The largest absolute Gasteiger partial charge is 0.408 e. The third kappa shape index (κ3) is 10.4. The molecule has 4 saturated carbocycles. The Hall–Kier alpha value is -1.80. The minimum absolute atomic E-state index is 0.0177. The molecule has 79 heavy (non-hydrogen) atoms. The summed E-state index contributed by atoms with van der Waals surface area (Å²) in [7, 11) is -0.302. The SMILES string of the molecule is CCC1O[C@@H](OC2[C@H](O[C@H]3CCC4(C)C5CC=C6C7CC(C)(C)CC[C@]7(C(C)=O)[C@H](OC)CC6(C)C5(C)CC[C@H]4C3(C)C=O)OC(Cc3ccccc3)[C@H](C)[C@@H]2O[C@@H]2OC[C@H](C)[C@H](C)C2C)C(O[Si](CC)(CC)CC)[C@@H](C)[C@H]1C. The molecule has 5 aliphatic carbocycles. The van der Waals surface area contributed by atoms with Gasteiger partial charge in [-0.2, -0.15) is 0 Å². The number of hydrogen-bond donors (Lipinski definition) is 0. The van der Waals surface area contributed by atoms with Crippen LogP contribution in [0.15, 0.2) is 42.0 Å². The Bertz CT molecular complexity index is 2300. The van der Waals surface area contributed by atoms with E-state index in [4.69, 9.17) is 37.6 Å². The van der Waals surface area contributed by atoms with Crippen LogP contribution in [0.25, 0.3) is 0 Å². The van der Waals surface area contributed by atoms with Crippen molar-refractivity contribution in [1.29, 1.82) is 0 Å². The molecule has 3 aliphatic heterocycles. The Morgan fingerprint density at radius 1 is 0.696 bits per heavy atom. The van der Waals surface area contributed by atoms with Crippen molar-refractivity contribution in [2.24, 2.45) is 85.8 Å². The van der Waals surface area contributed by atoms with Gasteiger partial charge in [-0.3, -0.25) is 4.79 Å². The number of carbonyl (C=O) groups excluding carboxylic acids is 2. The molecule has 1 aromatic carbocycles. The van der Waals surface area contributed by atoms with Gasteiger partial charge < -0.3 is 42.4 Å². The van der Waals surface area contributed by atoms with Gasteiger partial charge in [-0.05, 0) is 164 Å². The zero-order valence-electron chi connectivity index (χ0n) is 52.7. The number of rotatable bonds is 17. The lowest BCUT2D eigenvalue weighted by Crippen LogP contribution is -2.68. The van der Waals surface area contributed by atoms with Crippen LogP contribution in [0.4, 0.5) is 0 Å². The summed E-state index contributed by atoms with van der Waals surface area (Å²) in [6, 6.07) is 13.7. The van der Waals surface area contributed by atoms with E-state index < -0.39 is 56.3 Å². The van der Waals surface area contributed by atoms with Crippen molar-refractivity contribution in [2.45, 2.75) is 268 Å². The minimum Gasteiger partial charge on any atom is -0.408 e. The van der Waals surface area contributed by atoms with Gasteiger partial charge in [0.25, 0.3) is 0 Å². The van der Waals surface area contributed by atoms with E-state index in [1.807, 2.05) is 14.0 Å². The number of ether oxygens (including phenoxy) is 7. The Balaban J connectivity index is 1.10. The molecule has 0 N–H and O–H groups in total. The summed E-state index contributed by atoms with van der Waals surface area (Å²) in [6.45, 7) is 40.0. The lowest BCUT2D eigenvalue weighted by Gasteiger charge is -2.72. The zero-order chi connectivity index (χ0) is 57.4. The third-order valence-corrected chi connectivity index (χ3v) is 30.2. The van der Waals surface area contributed by atoms with E-state index in [9.17, 15) is 9.59 Å². The summed E-state index contributed by atoms with van der Waals surface area (Å²) in [5, 5.41) is 0. The van der Waals surface area contributed by atoms with Crippen LogP contribution in [0.2, 0.25) is 18.1 Å². The van der Waals surface area contributed by atoms with Gasteiger partial charge in [0.2, 0.25) is 0 Å². The Morgan fingerprint density at radius 2 is 1.35 bits per heavy atom. The molecule has 7 fully saturated rings. The first kappa shape index (κ1) is 61.7. The van der Waals surface area contributed by atoms with E-state index in [1.165, 1.54) is 17.4 Å². The van der Waals surface area contributed by atoms with E-state index in [2.05, 4.69) is 147 Å². The number of Topliss-reactive ketones (excluding diaryl/α,β-unsaturated/α-hetero) is 1. The van der Waals surface area contributed by atoms with Crippen molar-refractivity contribution in [3.63, 3.8) is 0 Å². The van der Waals surface area contributed by atoms with Gasteiger partial charge in [0.05, 0.1) is 54.1 Å². The van der Waals surface area contributed by atoms with E-state index >= 15 is 0 Å². The van der Waals surface area contributed by atoms with E-state index in [-0.39, 0.29) is 81.6 Å². The normalized spacial score (nSPS) is 47.9. The van der Waals surface area contributed by atoms with Gasteiger partial charge in [0.1, 0.15) is 18.2 Å². The number of hydrogen-bond acceptors (Lipinski definition) is 10. The first-order valence-electron chi connectivity index (χ1n) is 32.1. The molecule has 24 atom stereocenters. The molecule has 0 bridgehead atoms. The number of ketones is 1. The first-order valence-corrected chi connectivity index (χ1v) is 34.7. The minimum atomic E-state index is -2.15. The van der Waals surface area contributed by atoms with Gasteiger partial charge >= 0.3 is 0 Å². The fourth-order valence-corrected chi connectivity index (χ4v) is 22.0. The molecule has 1 aromatic rings. The predicted molar refractivity (Wildman–Crippen MR) is 315 cm³/mol. The maximum atomic E-state index is 14.5. The van der Waals surface area contributed by atoms with Crippen molar-refractivity contribution in [3.8, 4) is 0 Å². The maximum absolute atomic E-state index is 14.5. The van der Waals surface area contributed by atoms with Crippen LogP contribution < -0.4 is 0 Å². The highest BCUT2D eigenvalue weighted by Crippen LogP contribution is 2.76. The van der Waals surface area contributed by atoms with Crippen LogP contribution in [-0.4, -0.2) is 95.7 Å². The number of carbonyl (C=O) groups is 2. The summed E-state index contributed by atoms with van der Waals surface area (Å²) >= 11 is 0. The highest BCUT2D eigenvalue weighted by molar-refractivity contribution is 6.73. The lowest BCUT2D eigenvalue weighted by molar-refractivity contribution is -0.380. The summed E-state index contributed by atoms with van der Waals surface area (Å²) in [4.78, 5) is 28.7. The number of allylic oxidation sites excluding steroid dienone is 2. The van der Waals surface area contributed by atoms with Crippen LogP contribution in [0.5, 0.6) is 0 Å². The Morgan fingerprint density at radius 3 is 1.99 bits per heavy atom. The van der Waals surface area contributed by atoms with Crippen molar-refractivity contribution in [2.75, 3.05) is 13.7 Å². The lowest BCUT2D eigenvalue weighted by atomic mass is 9.33. The summed E-state index contributed by atoms with van der Waals surface area (Å²) in [5.74, 6) is 2.11. The van der Waals surface area contributed by atoms with Crippen molar-refractivity contribution in [1.82, 2.24) is 0 Å². The van der Waals surface area contributed by atoms with Gasteiger partial charge in [0, 0.05) is 18.9 Å². The summed E-state index contributed by atoms with van der Waals surface area (Å²) < 4.78 is 58.5. The predicted octanol–water partition coefficient (Wildman–Crippen LogP) is 15.0. The quantitative estimate of drug-likeness (QED) is 0.0648. The van der Waals surface area contributed by atoms with Crippen LogP contribution in [0, 0.1) is 85.8 Å². The molecule has 0 radical (unpaired) electrons. The fourth-order valence-electron chi connectivity index (χ4n) is 19.1. The molecular formula is C68H110O10Si. The number of methoxy groups -OCH3 is 1. The second-order valence-corrected chi connectivity index (χ2v) is 34.3. The highest BCUT2D eigenvalue weighted by Gasteiger charge is 2.72. The van der Waals surface area contributed by atoms with Crippen molar-refractivity contribution >= 4 is 20.4 Å². The van der Waals surface area contributed by atoms with Crippen molar-refractivity contribution in [3.05, 3.63) is 47.5 Å². The van der Waals surface area contributed by atoms with E-state index in [1.54, 1.807) is 0 Å². The molecule has 0 aromatic heterocycles. The zero-order valence-corrected chi connectivity index (χ0v) is 53.7. The molecule has 0 amide bonds. The van der Waals surface area contributed by atoms with Gasteiger partial charge in [-0.1, -0.05) is 153 Å². The van der Waals surface area contributed by atoms with E-state index in [0.717, 1.165) is 75.9 Å². The molecule has 10 nitrogen and oxygen atoms in total. The maximum Gasteiger partial charge on any atom is 0.192 e. The smallest absolute Gasteiger partial charge is 0.192 e. The average Bonchev–Trinajstić information content (AvgIpc) is 3.62. The molecule has 446 valence electrons. The van der Waals surface area contributed by atoms with Crippen LogP contribution in [0.3, 0.4) is 0 Å². The van der Waals surface area contributed by atoms with E-state index in [0.29, 0.717) is 43.0 Å². The van der Waals surface area contributed by atoms with Gasteiger partial charge in [-0.25, -0.2) is 0 Å². The Kier molecular flexibility index (Phi) is 18.2. The molecule has 0 spiro atoms. The topological polar surface area (TPSA) is 108 Å². The monoisotopic (exact) mass is 1110 g/mol. The van der Waals surface area contributed by atoms with Crippen LogP contribution >= 0.6 is 0 Å². The first-order chi connectivity index (χ1) is 37.3.